The number of aromatic nitrogens is 2. The minimum atomic E-state index is -2.03. The lowest BCUT2D eigenvalue weighted by Crippen LogP contribution is -2.29. The molecule has 0 spiro atoms. The average Bonchev–Trinajstić information content (AvgIpc) is 2.88. The van der Waals surface area contributed by atoms with E-state index >= 15 is 0 Å². The first-order chi connectivity index (χ1) is 11.0. The van der Waals surface area contributed by atoms with E-state index < -0.39 is 11.3 Å². The molecule has 0 saturated carbocycles. The van der Waals surface area contributed by atoms with Crippen molar-refractivity contribution in [2.45, 2.75) is 19.4 Å². The minimum Gasteiger partial charge on any atom is -0.294 e. The van der Waals surface area contributed by atoms with E-state index in [0.29, 0.717) is 11.4 Å². The predicted molar refractivity (Wildman–Crippen MR) is 93.6 cm³/mol. The second kappa shape index (κ2) is 6.80. The third kappa shape index (κ3) is 3.61. The van der Waals surface area contributed by atoms with Crippen molar-refractivity contribution in [2.24, 2.45) is 0 Å². The number of nitrogens with zero attached hydrogens (tertiary/aromatic N) is 1. The molecule has 120 valence electrons. The topological polar surface area (TPSA) is 78.0 Å². The highest BCUT2D eigenvalue weighted by Crippen LogP contribution is 2.32. The SMILES string of the molecule is CC(Cc1[nH]nc2cc(Cl)c(-c3ccccc3)cc12)NS(=O)O. The van der Waals surface area contributed by atoms with Gasteiger partial charge in [0.25, 0.3) is 0 Å². The Labute approximate surface area is 141 Å². The largest absolute Gasteiger partial charge is 0.294 e. The highest BCUT2D eigenvalue weighted by Gasteiger charge is 2.14. The van der Waals surface area contributed by atoms with E-state index in [4.69, 9.17) is 16.2 Å². The molecule has 0 aliphatic carbocycles. The van der Waals surface area contributed by atoms with Crippen molar-refractivity contribution in [1.29, 1.82) is 0 Å². The van der Waals surface area contributed by atoms with E-state index in [0.717, 1.165) is 27.7 Å². The third-order valence-corrected chi connectivity index (χ3v) is 4.54. The van der Waals surface area contributed by atoms with Gasteiger partial charge in [0, 0.05) is 29.1 Å². The summed E-state index contributed by atoms with van der Waals surface area (Å²) in [5, 5.41) is 8.87. The Hall–Kier alpha value is -1.73. The quantitative estimate of drug-likeness (QED) is 0.616. The molecule has 0 saturated heterocycles. The van der Waals surface area contributed by atoms with Crippen LogP contribution in [0.2, 0.25) is 5.02 Å². The molecule has 23 heavy (non-hydrogen) atoms. The Morgan fingerprint density at radius 1 is 1.35 bits per heavy atom. The average molecular weight is 350 g/mol. The highest BCUT2D eigenvalue weighted by atomic mass is 35.5. The molecule has 3 N–H and O–H groups in total. The minimum absolute atomic E-state index is 0.166. The van der Waals surface area contributed by atoms with Gasteiger partial charge in [-0.1, -0.05) is 41.9 Å². The zero-order valence-electron chi connectivity index (χ0n) is 12.4. The van der Waals surface area contributed by atoms with Gasteiger partial charge >= 0.3 is 0 Å². The second-order valence-electron chi connectivity index (χ2n) is 5.39. The molecule has 3 aromatic rings. The summed E-state index contributed by atoms with van der Waals surface area (Å²) in [6.45, 7) is 1.84. The Morgan fingerprint density at radius 3 is 2.78 bits per heavy atom. The fourth-order valence-electron chi connectivity index (χ4n) is 2.60. The molecule has 0 radical (unpaired) electrons. The number of hydrogen-bond acceptors (Lipinski definition) is 2. The molecule has 2 atom stereocenters. The first-order valence-corrected chi connectivity index (χ1v) is 8.62. The second-order valence-corrected chi connectivity index (χ2v) is 6.53. The van der Waals surface area contributed by atoms with E-state index in [1.165, 1.54) is 0 Å². The van der Waals surface area contributed by atoms with Crippen molar-refractivity contribution in [1.82, 2.24) is 14.9 Å². The Morgan fingerprint density at radius 2 is 2.09 bits per heavy atom. The molecule has 0 amide bonds. The van der Waals surface area contributed by atoms with Crippen LogP contribution in [0, 0.1) is 0 Å². The zero-order chi connectivity index (χ0) is 16.4. The van der Waals surface area contributed by atoms with Gasteiger partial charge in [-0.3, -0.25) is 9.65 Å². The van der Waals surface area contributed by atoms with Crippen LogP contribution in [-0.2, 0) is 17.7 Å². The summed E-state index contributed by atoms with van der Waals surface area (Å²) in [4.78, 5) is 0. The van der Waals surface area contributed by atoms with Crippen LogP contribution in [0.25, 0.3) is 22.0 Å². The maximum absolute atomic E-state index is 10.8. The van der Waals surface area contributed by atoms with Gasteiger partial charge in [0.1, 0.15) is 0 Å². The lowest BCUT2D eigenvalue weighted by Gasteiger charge is -2.10. The summed E-state index contributed by atoms with van der Waals surface area (Å²) in [6.07, 6.45) is 0.554. The van der Waals surface area contributed by atoms with Crippen LogP contribution >= 0.6 is 11.6 Å². The molecule has 0 aliphatic rings. The molecular formula is C16H16ClN3O2S. The fourth-order valence-corrected chi connectivity index (χ4v) is 3.29. The maximum Gasteiger partial charge on any atom is 0.231 e. The molecule has 1 aromatic heterocycles. The lowest BCUT2D eigenvalue weighted by atomic mass is 10.0. The molecule has 2 aromatic carbocycles. The molecular weight excluding hydrogens is 334 g/mol. The molecule has 5 nitrogen and oxygen atoms in total. The smallest absolute Gasteiger partial charge is 0.231 e. The van der Waals surface area contributed by atoms with E-state index in [2.05, 4.69) is 14.9 Å². The number of rotatable bonds is 5. The van der Waals surface area contributed by atoms with Crippen LogP contribution in [0.3, 0.4) is 0 Å². The summed E-state index contributed by atoms with van der Waals surface area (Å²) >= 11 is 4.35. The van der Waals surface area contributed by atoms with Crippen molar-refractivity contribution in [3.63, 3.8) is 0 Å². The number of halogens is 1. The van der Waals surface area contributed by atoms with E-state index in [9.17, 15) is 4.21 Å². The number of H-pyrrole nitrogens is 1. The monoisotopic (exact) mass is 349 g/mol. The third-order valence-electron chi connectivity index (χ3n) is 3.62. The van der Waals surface area contributed by atoms with Gasteiger partial charge < -0.3 is 0 Å². The normalized spacial score (nSPS) is 14.0. The van der Waals surface area contributed by atoms with Gasteiger partial charge in [-0.05, 0) is 24.6 Å². The summed E-state index contributed by atoms with van der Waals surface area (Å²) in [7, 11) is 0. The van der Waals surface area contributed by atoms with E-state index in [-0.39, 0.29) is 6.04 Å². The van der Waals surface area contributed by atoms with Gasteiger partial charge in [0.15, 0.2) is 0 Å². The standard InChI is InChI=1S/C16H16ClN3O2S/c1-10(20-23(21)22)7-15-13-8-12(11-5-3-2-4-6-11)14(17)9-16(13)19-18-15/h2-6,8-10,20H,7H2,1H3,(H,18,19)(H,21,22). The highest BCUT2D eigenvalue weighted by molar-refractivity contribution is 7.77. The fraction of sp³-hybridized carbons (Fsp3) is 0.188. The van der Waals surface area contributed by atoms with Crippen LogP contribution in [-0.4, -0.2) is 25.0 Å². The summed E-state index contributed by atoms with van der Waals surface area (Å²) in [5.41, 5.74) is 3.66. The number of hydrogen-bond donors (Lipinski definition) is 3. The van der Waals surface area contributed by atoms with Crippen molar-refractivity contribution in [3.8, 4) is 11.1 Å². The Kier molecular flexibility index (Phi) is 4.77. The number of fused-ring (bicyclic) bond motifs is 1. The summed E-state index contributed by atoms with van der Waals surface area (Å²) < 4.78 is 22.3. The molecule has 3 rings (SSSR count). The summed E-state index contributed by atoms with van der Waals surface area (Å²) in [6, 6.07) is 13.6. The van der Waals surface area contributed by atoms with E-state index in [1.54, 1.807) is 0 Å². The lowest BCUT2D eigenvalue weighted by molar-refractivity contribution is 0.529. The number of nitrogens with one attached hydrogen (secondary N) is 2. The molecule has 2 unspecified atom stereocenters. The number of benzene rings is 2. The van der Waals surface area contributed by atoms with Gasteiger partial charge in [-0.15, -0.1) is 0 Å². The van der Waals surface area contributed by atoms with Crippen molar-refractivity contribution in [2.75, 3.05) is 0 Å². The summed E-state index contributed by atoms with van der Waals surface area (Å²) in [5.74, 6) is 0. The van der Waals surface area contributed by atoms with Crippen LogP contribution in [0.5, 0.6) is 0 Å². The maximum atomic E-state index is 10.8. The molecule has 0 fully saturated rings. The number of aromatic amines is 1. The van der Waals surface area contributed by atoms with Gasteiger partial charge in [-0.25, -0.2) is 8.93 Å². The van der Waals surface area contributed by atoms with Crippen molar-refractivity contribution in [3.05, 3.63) is 53.2 Å². The first kappa shape index (κ1) is 16.1. The first-order valence-electron chi connectivity index (χ1n) is 7.13. The molecule has 0 aliphatic heterocycles. The van der Waals surface area contributed by atoms with Crippen LogP contribution < -0.4 is 4.72 Å². The van der Waals surface area contributed by atoms with E-state index in [1.807, 2.05) is 49.4 Å². The molecule has 1 heterocycles. The predicted octanol–water partition coefficient (Wildman–Crippen LogP) is 3.54. The van der Waals surface area contributed by atoms with Crippen molar-refractivity contribution < 1.29 is 8.76 Å². The van der Waals surface area contributed by atoms with Gasteiger partial charge in [0.05, 0.1) is 10.5 Å². The molecule has 7 heteroatoms. The van der Waals surface area contributed by atoms with Crippen LogP contribution in [0.15, 0.2) is 42.5 Å². The molecule has 0 bridgehead atoms. The Balaban J connectivity index is 2.00. The van der Waals surface area contributed by atoms with Crippen molar-refractivity contribution >= 4 is 33.8 Å². The zero-order valence-corrected chi connectivity index (χ0v) is 14.0. The van der Waals surface area contributed by atoms with Crippen LogP contribution in [0.4, 0.5) is 0 Å². The Bertz CT molecular complexity index is 851. The van der Waals surface area contributed by atoms with Crippen LogP contribution in [0.1, 0.15) is 12.6 Å². The van der Waals surface area contributed by atoms with Gasteiger partial charge in [0.2, 0.25) is 11.3 Å². The van der Waals surface area contributed by atoms with Gasteiger partial charge in [-0.2, -0.15) is 5.10 Å².